The van der Waals surface area contributed by atoms with Gasteiger partial charge in [-0.05, 0) is 59.3 Å². The highest BCUT2D eigenvalue weighted by Crippen LogP contribution is 2.30. The van der Waals surface area contributed by atoms with Crippen LogP contribution in [0.3, 0.4) is 0 Å². The van der Waals surface area contributed by atoms with Crippen LogP contribution in [-0.4, -0.2) is 61.0 Å². The van der Waals surface area contributed by atoms with E-state index in [1.165, 1.54) is 5.56 Å². The molecule has 1 saturated heterocycles. The maximum Gasteiger partial charge on any atom is 0.410 e. The number of nitrogens with zero attached hydrogens (tertiary/aromatic N) is 2. The molecule has 1 aromatic heterocycles. The molecule has 0 bridgehead atoms. The van der Waals surface area contributed by atoms with Crippen molar-refractivity contribution < 1.29 is 19.0 Å². The van der Waals surface area contributed by atoms with Crippen molar-refractivity contribution in [2.24, 2.45) is 0 Å². The summed E-state index contributed by atoms with van der Waals surface area (Å²) in [4.78, 5) is 18.7. The highest BCUT2D eigenvalue weighted by Gasteiger charge is 2.30. The number of rotatable bonds is 8. The number of aromatic nitrogens is 1. The number of carbonyl (C=O) groups is 1. The molecule has 3 heterocycles. The van der Waals surface area contributed by atoms with Crippen molar-refractivity contribution >= 4 is 11.9 Å². The number of ether oxygens (including phenoxy) is 3. The summed E-state index contributed by atoms with van der Waals surface area (Å²) in [5.74, 6) is 1.95. The van der Waals surface area contributed by atoms with Gasteiger partial charge in [-0.25, -0.2) is 9.78 Å². The van der Waals surface area contributed by atoms with Gasteiger partial charge in [-0.3, -0.25) is 0 Å². The predicted molar refractivity (Wildman–Crippen MR) is 117 cm³/mol. The van der Waals surface area contributed by atoms with E-state index in [0.29, 0.717) is 13.1 Å². The Morgan fingerprint density at radius 3 is 2.90 bits per heavy atom. The fourth-order valence-corrected chi connectivity index (χ4v) is 3.96. The molecule has 2 aliphatic heterocycles. The third kappa shape index (κ3) is 6.49. The fraction of sp³-hybridized carbons (Fsp3) is 0.739. The van der Waals surface area contributed by atoms with Gasteiger partial charge in [0.1, 0.15) is 17.2 Å². The first kappa shape index (κ1) is 22.7. The quantitative estimate of drug-likeness (QED) is 0.637. The standard InChI is InChI=1S/C23H37N3O4/c1-23(2,3)30-22(27)26-13-11-18(16-26)29-14-7-5-6-9-17-15-20(28-4)19-10-8-12-24-21(19)25-17/h15,18H,5-14,16H2,1-4H3,(H,24,25)/t18-/m1/s1. The normalized spacial score (nSPS) is 18.7. The Kier molecular flexibility index (Phi) is 7.81. The maximum absolute atomic E-state index is 12.1. The summed E-state index contributed by atoms with van der Waals surface area (Å²) in [6, 6.07) is 2.09. The molecule has 30 heavy (non-hydrogen) atoms. The lowest BCUT2D eigenvalue weighted by atomic mass is 10.0. The molecule has 1 aromatic rings. The Bertz CT molecular complexity index is 700. The Labute approximate surface area is 180 Å². The predicted octanol–water partition coefficient (Wildman–Crippen LogP) is 4.19. The topological polar surface area (TPSA) is 72.9 Å². The minimum absolute atomic E-state index is 0.121. The summed E-state index contributed by atoms with van der Waals surface area (Å²) in [7, 11) is 1.73. The monoisotopic (exact) mass is 419 g/mol. The Morgan fingerprint density at radius 2 is 2.13 bits per heavy atom. The molecule has 0 aromatic carbocycles. The highest BCUT2D eigenvalue weighted by atomic mass is 16.6. The minimum atomic E-state index is -0.455. The van der Waals surface area contributed by atoms with Crippen molar-refractivity contribution in [1.82, 2.24) is 9.88 Å². The zero-order chi connectivity index (χ0) is 21.6. The van der Waals surface area contributed by atoms with Crippen LogP contribution in [0, 0.1) is 0 Å². The number of unbranched alkanes of at least 4 members (excludes halogenated alkanes) is 2. The van der Waals surface area contributed by atoms with Gasteiger partial charge in [0.2, 0.25) is 0 Å². The summed E-state index contributed by atoms with van der Waals surface area (Å²) >= 11 is 0. The SMILES string of the molecule is COc1cc(CCCCCO[C@@H]2CCN(C(=O)OC(C)(C)C)C2)nc2c1CCCN2. The number of aryl methyl sites for hydroxylation is 1. The van der Waals surface area contributed by atoms with E-state index in [1.54, 1.807) is 12.0 Å². The summed E-state index contributed by atoms with van der Waals surface area (Å²) in [5, 5.41) is 3.40. The van der Waals surface area contributed by atoms with Crippen molar-refractivity contribution in [2.75, 3.05) is 38.7 Å². The number of likely N-dealkylation sites (tertiary alicyclic amines) is 1. The molecule has 2 aliphatic rings. The zero-order valence-electron chi connectivity index (χ0n) is 19.0. The van der Waals surface area contributed by atoms with Crippen LogP contribution in [0.1, 0.15) is 64.1 Å². The van der Waals surface area contributed by atoms with Crippen LogP contribution in [-0.2, 0) is 22.3 Å². The largest absolute Gasteiger partial charge is 0.496 e. The summed E-state index contributed by atoms with van der Waals surface area (Å²) in [5.41, 5.74) is 1.84. The molecule has 0 saturated carbocycles. The van der Waals surface area contributed by atoms with Crippen molar-refractivity contribution in [1.29, 1.82) is 0 Å². The molecule has 1 atom stereocenters. The molecule has 1 fully saturated rings. The van der Waals surface area contributed by atoms with Crippen molar-refractivity contribution in [2.45, 2.75) is 77.4 Å². The first-order valence-electron chi connectivity index (χ1n) is 11.3. The lowest BCUT2D eigenvalue weighted by Gasteiger charge is -2.24. The first-order valence-corrected chi connectivity index (χ1v) is 11.3. The van der Waals surface area contributed by atoms with E-state index < -0.39 is 5.60 Å². The average Bonchev–Trinajstić information content (AvgIpc) is 3.18. The minimum Gasteiger partial charge on any atom is -0.496 e. The Morgan fingerprint density at radius 1 is 1.30 bits per heavy atom. The molecular formula is C23H37N3O4. The zero-order valence-corrected chi connectivity index (χ0v) is 19.0. The lowest BCUT2D eigenvalue weighted by Crippen LogP contribution is -2.36. The summed E-state index contributed by atoms with van der Waals surface area (Å²) in [6.07, 6.45) is 7.05. The molecule has 3 rings (SSSR count). The number of hydrogen-bond donors (Lipinski definition) is 1. The van der Waals surface area contributed by atoms with E-state index >= 15 is 0 Å². The van der Waals surface area contributed by atoms with Crippen molar-refractivity contribution in [3.63, 3.8) is 0 Å². The molecule has 0 unspecified atom stereocenters. The number of methoxy groups -OCH3 is 1. The van der Waals surface area contributed by atoms with E-state index in [2.05, 4.69) is 11.4 Å². The van der Waals surface area contributed by atoms with Gasteiger partial charge in [-0.1, -0.05) is 6.42 Å². The van der Waals surface area contributed by atoms with E-state index in [9.17, 15) is 4.79 Å². The van der Waals surface area contributed by atoms with E-state index in [1.807, 2.05) is 20.8 Å². The van der Waals surface area contributed by atoms with Crippen LogP contribution in [0.2, 0.25) is 0 Å². The number of hydrogen-bond acceptors (Lipinski definition) is 6. The van der Waals surface area contributed by atoms with Gasteiger partial charge < -0.3 is 24.4 Å². The molecular weight excluding hydrogens is 382 g/mol. The molecule has 7 heteroatoms. The van der Waals surface area contributed by atoms with Crippen LogP contribution in [0.25, 0.3) is 0 Å². The van der Waals surface area contributed by atoms with Gasteiger partial charge >= 0.3 is 6.09 Å². The van der Waals surface area contributed by atoms with Gasteiger partial charge in [0.15, 0.2) is 0 Å². The molecule has 7 nitrogen and oxygen atoms in total. The Balaban J connectivity index is 1.32. The van der Waals surface area contributed by atoms with E-state index in [0.717, 1.165) is 75.4 Å². The van der Waals surface area contributed by atoms with E-state index in [4.69, 9.17) is 19.2 Å². The number of anilines is 1. The second-order valence-electron chi connectivity index (χ2n) is 9.19. The number of fused-ring (bicyclic) bond motifs is 1. The molecule has 1 N–H and O–H groups in total. The molecule has 0 radical (unpaired) electrons. The molecule has 1 amide bonds. The highest BCUT2D eigenvalue weighted by molar-refractivity contribution is 5.68. The molecule has 168 valence electrons. The third-order valence-electron chi connectivity index (χ3n) is 5.48. The molecule has 0 spiro atoms. The van der Waals surface area contributed by atoms with Crippen LogP contribution < -0.4 is 10.1 Å². The number of amides is 1. The second-order valence-corrected chi connectivity index (χ2v) is 9.19. The van der Waals surface area contributed by atoms with Crippen LogP contribution in [0.5, 0.6) is 5.75 Å². The third-order valence-corrected chi connectivity index (χ3v) is 5.48. The number of carbonyl (C=O) groups excluding carboxylic acids is 1. The summed E-state index contributed by atoms with van der Waals surface area (Å²) in [6.45, 7) is 8.72. The number of pyridine rings is 1. The van der Waals surface area contributed by atoms with Crippen LogP contribution >= 0.6 is 0 Å². The fourth-order valence-electron chi connectivity index (χ4n) is 3.96. The maximum atomic E-state index is 12.1. The Hall–Kier alpha value is -2.02. The first-order chi connectivity index (χ1) is 14.4. The van der Waals surface area contributed by atoms with Crippen molar-refractivity contribution in [3.05, 3.63) is 17.3 Å². The van der Waals surface area contributed by atoms with Crippen molar-refractivity contribution in [3.8, 4) is 5.75 Å². The lowest BCUT2D eigenvalue weighted by molar-refractivity contribution is 0.0206. The van der Waals surface area contributed by atoms with Gasteiger partial charge in [-0.2, -0.15) is 0 Å². The van der Waals surface area contributed by atoms with Gasteiger partial charge in [0.25, 0.3) is 0 Å². The van der Waals surface area contributed by atoms with Crippen LogP contribution in [0.4, 0.5) is 10.6 Å². The average molecular weight is 420 g/mol. The van der Waals surface area contributed by atoms with Gasteiger partial charge in [0, 0.05) is 37.0 Å². The second kappa shape index (κ2) is 10.3. The van der Waals surface area contributed by atoms with Gasteiger partial charge in [0.05, 0.1) is 19.8 Å². The van der Waals surface area contributed by atoms with Crippen LogP contribution in [0.15, 0.2) is 6.07 Å². The number of nitrogens with one attached hydrogen (secondary N) is 1. The van der Waals surface area contributed by atoms with E-state index in [-0.39, 0.29) is 12.2 Å². The smallest absolute Gasteiger partial charge is 0.410 e. The summed E-state index contributed by atoms with van der Waals surface area (Å²) < 4.78 is 17.0. The molecule has 0 aliphatic carbocycles. The van der Waals surface area contributed by atoms with Gasteiger partial charge in [-0.15, -0.1) is 0 Å².